The zero-order valence-electron chi connectivity index (χ0n) is 11.5. The van der Waals surface area contributed by atoms with Gasteiger partial charge in [-0.05, 0) is 30.4 Å². The Hall–Kier alpha value is -1.21. The fourth-order valence-electron chi connectivity index (χ4n) is 2.17. The van der Waals surface area contributed by atoms with Crippen molar-refractivity contribution in [3.63, 3.8) is 0 Å². The molecule has 2 unspecified atom stereocenters. The first-order valence-electron chi connectivity index (χ1n) is 6.48. The molecule has 0 bridgehead atoms. The molecule has 0 aromatic carbocycles. The van der Waals surface area contributed by atoms with E-state index < -0.39 is 12.0 Å². The molecule has 1 aliphatic rings. The molecule has 0 saturated carbocycles. The molecule has 5 nitrogen and oxygen atoms in total. The molecule has 2 amide bonds. The topological polar surface area (TPSA) is 69.6 Å². The number of hydrogen-bond donors (Lipinski definition) is 2. The second-order valence-electron chi connectivity index (χ2n) is 4.64. The minimum Gasteiger partial charge on any atom is -0.480 e. The average Bonchev–Trinajstić information content (AvgIpc) is 3.01. The quantitative estimate of drug-likeness (QED) is 0.896. The Balaban J connectivity index is 2.02. The number of carboxylic acid groups (broad SMARTS) is 1. The lowest BCUT2D eigenvalue weighted by Crippen LogP contribution is -2.49. The normalized spacial score (nSPS) is 22.0. The molecular formula is C13H18N2O3S2. The monoisotopic (exact) mass is 314 g/mol. The maximum Gasteiger partial charge on any atom is 0.327 e. The van der Waals surface area contributed by atoms with Gasteiger partial charge < -0.3 is 10.4 Å². The highest BCUT2D eigenvalue weighted by atomic mass is 32.2. The Morgan fingerprint density at radius 3 is 2.85 bits per heavy atom. The number of amides is 2. The molecule has 1 fully saturated rings. The average molecular weight is 314 g/mol. The lowest BCUT2D eigenvalue weighted by molar-refractivity contribution is -0.141. The van der Waals surface area contributed by atoms with Gasteiger partial charge in [-0.15, -0.1) is 23.1 Å². The number of carbonyl (C=O) groups is 2. The molecule has 0 radical (unpaired) electrons. The van der Waals surface area contributed by atoms with E-state index >= 15 is 0 Å². The van der Waals surface area contributed by atoms with E-state index in [0.29, 0.717) is 12.3 Å². The number of nitrogens with one attached hydrogen (secondary N) is 1. The summed E-state index contributed by atoms with van der Waals surface area (Å²) >= 11 is 3.12. The van der Waals surface area contributed by atoms with Crippen LogP contribution in [0.25, 0.3) is 0 Å². The van der Waals surface area contributed by atoms with Gasteiger partial charge in [0.25, 0.3) is 0 Å². The Kier molecular flexibility index (Phi) is 4.93. The summed E-state index contributed by atoms with van der Waals surface area (Å²) in [6.07, 6.45) is 0.750. The van der Waals surface area contributed by atoms with Crippen molar-refractivity contribution < 1.29 is 14.7 Å². The second kappa shape index (κ2) is 6.49. The summed E-state index contributed by atoms with van der Waals surface area (Å²) in [7, 11) is 0. The molecule has 2 heterocycles. The van der Waals surface area contributed by atoms with Gasteiger partial charge in [-0.1, -0.05) is 6.92 Å². The third-order valence-electron chi connectivity index (χ3n) is 3.33. The van der Waals surface area contributed by atoms with E-state index in [2.05, 4.69) is 5.32 Å². The lowest BCUT2D eigenvalue weighted by Gasteiger charge is -2.26. The van der Waals surface area contributed by atoms with Crippen LogP contribution in [-0.4, -0.2) is 39.2 Å². The zero-order chi connectivity index (χ0) is 14.7. The van der Waals surface area contributed by atoms with E-state index in [4.69, 9.17) is 0 Å². The van der Waals surface area contributed by atoms with E-state index in [-0.39, 0.29) is 11.4 Å². The van der Waals surface area contributed by atoms with Gasteiger partial charge in [-0.2, -0.15) is 0 Å². The summed E-state index contributed by atoms with van der Waals surface area (Å²) in [5.41, 5.74) is 1.15. The largest absolute Gasteiger partial charge is 0.480 e. The smallest absolute Gasteiger partial charge is 0.327 e. The Morgan fingerprint density at radius 1 is 1.55 bits per heavy atom. The number of aryl methyl sites for hydroxylation is 1. The summed E-state index contributed by atoms with van der Waals surface area (Å²) < 4.78 is 0. The molecular weight excluding hydrogens is 296 g/mol. The maximum atomic E-state index is 12.3. The van der Waals surface area contributed by atoms with Gasteiger partial charge in [0, 0.05) is 10.6 Å². The number of thiophene rings is 1. The predicted octanol–water partition coefficient (Wildman–Crippen LogP) is 2.50. The van der Waals surface area contributed by atoms with Crippen molar-refractivity contribution in [3.05, 3.63) is 21.9 Å². The third-order valence-corrected chi connectivity index (χ3v) is 5.81. The molecule has 110 valence electrons. The molecule has 1 aromatic rings. The van der Waals surface area contributed by atoms with Crippen molar-refractivity contribution in [2.24, 2.45) is 0 Å². The minimum atomic E-state index is -0.934. The highest BCUT2D eigenvalue weighted by Crippen LogP contribution is 2.31. The number of nitrogens with zero attached hydrogens (tertiary/aromatic N) is 1. The maximum absolute atomic E-state index is 12.3. The first-order valence-corrected chi connectivity index (χ1v) is 8.41. The molecule has 1 aliphatic heterocycles. The molecule has 0 spiro atoms. The number of carboxylic acids is 1. The van der Waals surface area contributed by atoms with E-state index in [9.17, 15) is 14.7 Å². The first-order chi connectivity index (χ1) is 9.54. The van der Waals surface area contributed by atoms with Gasteiger partial charge in [0.1, 0.15) is 6.04 Å². The van der Waals surface area contributed by atoms with Crippen molar-refractivity contribution in [3.8, 4) is 0 Å². The summed E-state index contributed by atoms with van der Waals surface area (Å²) in [5.74, 6) is -0.477. The van der Waals surface area contributed by atoms with Crippen LogP contribution in [0.5, 0.6) is 0 Å². The molecule has 2 rings (SSSR count). The Labute approximate surface area is 126 Å². The standard InChI is InChI=1S/C13H18N2O3S2/c1-3-11-15(9(7-20-11)12(16)17)13(18)14-6-10-8(2)4-5-19-10/h4-5,9,11H,3,6-7H2,1-2H3,(H,14,18)(H,16,17). The van der Waals surface area contributed by atoms with E-state index in [1.165, 1.54) is 16.7 Å². The molecule has 2 atom stereocenters. The number of aliphatic carboxylic acids is 1. The van der Waals surface area contributed by atoms with Crippen LogP contribution in [-0.2, 0) is 11.3 Å². The van der Waals surface area contributed by atoms with Crippen molar-refractivity contribution in [1.82, 2.24) is 10.2 Å². The predicted molar refractivity (Wildman–Crippen MR) is 81.1 cm³/mol. The Bertz CT molecular complexity index is 504. The summed E-state index contributed by atoms with van der Waals surface area (Å²) in [6, 6.07) is 0.990. The minimum absolute atomic E-state index is 0.0551. The first kappa shape index (κ1) is 15.2. The van der Waals surface area contributed by atoms with Crippen molar-refractivity contribution in [2.75, 3.05) is 5.75 Å². The summed E-state index contributed by atoms with van der Waals surface area (Å²) in [6.45, 7) is 4.41. The van der Waals surface area contributed by atoms with E-state index in [1.807, 2.05) is 25.3 Å². The highest BCUT2D eigenvalue weighted by Gasteiger charge is 2.40. The van der Waals surface area contributed by atoms with E-state index in [1.54, 1.807) is 11.3 Å². The molecule has 1 aromatic heterocycles. The van der Waals surface area contributed by atoms with Crippen LogP contribution in [0.2, 0.25) is 0 Å². The highest BCUT2D eigenvalue weighted by molar-refractivity contribution is 8.00. The Morgan fingerprint density at radius 2 is 2.30 bits per heavy atom. The van der Waals surface area contributed by atoms with Crippen molar-refractivity contribution in [2.45, 2.75) is 38.2 Å². The van der Waals surface area contributed by atoms with E-state index in [0.717, 1.165) is 16.9 Å². The number of rotatable bonds is 4. The number of hydrogen-bond acceptors (Lipinski definition) is 4. The van der Waals surface area contributed by atoms with Crippen LogP contribution in [0.15, 0.2) is 11.4 Å². The fourth-order valence-corrected chi connectivity index (χ4v) is 4.37. The van der Waals surface area contributed by atoms with Gasteiger partial charge in [0.05, 0.1) is 11.9 Å². The van der Waals surface area contributed by atoms with Crippen LogP contribution >= 0.6 is 23.1 Å². The molecule has 0 aliphatic carbocycles. The number of urea groups is 1. The van der Waals surface area contributed by atoms with Crippen molar-refractivity contribution >= 4 is 35.1 Å². The molecule has 2 N–H and O–H groups in total. The van der Waals surface area contributed by atoms with Gasteiger partial charge in [-0.3, -0.25) is 4.90 Å². The van der Waals surface area contributed by atoms with Crippen LogP contribution in [0.4, 0.5) is 4.79 Å². The van der Waals surface area contributed by atoms with Crippen LogP contribution in [0, 0.1) is 6.92 Å². The third kappa shape index (κ3) is 3.09. The van der Waals surface area contributed by atoms with Crippen LogP contribution < -0.4 is 5.32 Å². The SMILES string of the molecule is CCC1SCC(C(=O)O)N1C(=O)NCc1sccc1C. The number of carbonyl (C=O) groups excluding carboxylic acids is 1. The van der Waals surface area contributed by atoms with Gasteiger partial charge in [-0.25, -0.2) is 9.59 Å². The van der Waals surface area contributed by atoms with Gasteiger partial charge >= 0.3 is 12.0 Å². The molecule has 7 heteroatoms. The van der Waals surface area contributed by atoms with Gasteiger partial charge in [0.2, 0.25) is 0 Å². The van der Waals surface area contributed by atoms with Crippen LogP contribution in [0.1, 0.15) is 23.8 Å². The fraction of sp³-hybridized carbons (Fsp3) is 0.538. The molecule has 20 heavy (non-hydrogen) atoms. The number of thioether (sulfide) groups is 1. The molecule has 1 saturated heterocycles. The second-order valence-corrected chi connectivity index (χ2v) is 6.85. The summed E-state index contributed by atoms with van der Waals surface area (Å²) in [5, 5.41) is 14.0. The summed E-state index contributed by atoms with van der Waals surface area (Å²) in [4.78, 5) is 26.1. The van der Waals surface area contributed by atoms with Crippen LogP contribution in [0.3, 0.4) is 0 Å². The lowest BCUT2D eigenvalue weighted by atomic mass is 10.2. The van der Waals surface area contributed by atoms with Crippen molar-refractivity contribution in [1.29, 1.82) is 0 Å². The zero-order valence-corrected chi connectivity index (χ0v) is 13.1. The van der Waals surface area contributed by atoms with Gasteiger partial charge in [0.15, 0.2) is 0 Å².